The predicted molar refractivity (Wildman–Crippen MR) is 126 cm³/mol. The van der Waals surface area contributed by atoms with Crippen molar-refractivity contribution < 1.29 is 19.1 Å². The molecule has 0 saturated carbocycles. The summed E-state index contributed by atoms with van der Waals surface area (Å²) >= 11 is 6.05. The minimum absolute atomic E-state index is 0.0345. The number of morpholine rings is 1. The van der Waals surface area contributed by atoms with Gasteiger partial charge in [0.25, 0.3) is 17.7 Å². The fraction of sp³-hybridized carbons (Fsp3) is 0.217. The average molecular weight is 468 g/mol. The Bertz CT molecular complexity index is 1180. The van der Waals surface area contributed by atoms with E-state index in [4.69, 9.17) is 27.8 Å². The van der Waals surface area contributed by atoms with Gasteiger partial charge in [0.05, 0.1) is 12.3 Å². The van der Waals surface area contributed by atoms with E-state index in [1.165, 1.54) is 0 Å². The highest BCUT2D eigenvalue weighted by molar-refractivity contribution is 6.51. The molecule has 2 saturated heterocycles. The maximum atomic E-state index is 13.4. The highest BCUT2D eigenvalue weighted by Gasteiger charge is 2.32. The van der Waals surface area contributed by atoms with Crippen LogP contribution in [0.3, 0.4) is 0 Å². The summed E-state index contributed by atoms with van der Waals surface area (Å²) in [6.07, 6.45) is 0.295. The van der Waals surface area contributed by atoms with Crippen molar-refractivity contribution in [1.29, 1.82) is 0 Å². The number of nitrogens with zero attached hydrogens (tertiary/aromatic N) is 3. The number of anilines is 2. The summed E-state index contributed by atoms with van der Waals surface area (Å²) < 4.78 is 5.17. The molecule has 2 aromatic rings. The molecule has 10 heteroatoms. The van der Waals surface area contributed by atoms with Crippen LogP contribution >= 0.6 is 11.6 Å². The number of piperidine rings is 1. The number of aliphatic imine (C=N–C) groups is 1. The van der Waals surface area contributed by atoms with Gasteiger partial charge < -0.3 is 26.0 Å². The molecule has 2 aliphatic rings. The van der Waals surface area contributed by atoms with Crippen LogP contribution in [0.5, 0.6) is 0 Å². The molecule has 0 aromatic heterocycles. The van der Waals surface area contributed by atoms with Crippen LogP contribution in [-0.4, -0.2) is 49.7 Å². The first-order valence-electron chi connectivity index (χ1n) is 10.3. The largest absolute Gasteiger partial charge is 0.394 e. The van der Waals surface area contributed by atoms with E-state index < -0.39 is 11.8 Å². The molecule has 2 aromatic carbocycles. The van der Waals surface area contributed by atoms with Crippen molar-refractivity contribution in [1.82, 2.24) is 0 Å². The van der Waals surface area contributed by atoms with Crippen LogP contribution in [0.15, 0.2) is 64.8 Å². The van der Waals surface area contributed by atoms with Gasteiger partial charge in [0.15, 0.2) is 0 Å². The monoisotopic (exact) mass is 467 g/mol. The third-order valence-electron chi connectivity index (χ3n) is 5.42. The molecule has 0 unspecified atom stereocenters. The van der Waals surface area contributed by atoms with E-state index in [1.54, 1.807) is 58.3 Å². The number of primary amides is 1. The van der Waals surface area contributed by atoms with Gasteiger partial charge in [-0.15, -0.1) is 0 Å². The van der Waals surface area contributed by atoms with Gasteiger partial charge in [-0.25, -0.2) is 4.99 Å². The van der Waals surface area contributed by atoms with E-state index in [9.17, 15) is 14.4 Å². The molecule has 2 fully saturated rings. The normalized spacial score (nSPS) is 19.7. The van der Waals surface area contributed by atoms with Crippen molar-refractivity contribution in [3.63, 3.8) is 0 Å². The Morgan fingerprint density at radius 3 is 2.33 bits per heavy atom. The molecule has 2 aliphatic heterocycles. The first-order valence-corrected chi connectivity index (χ1v) is 10.7. The molecule has 9 nitrogen and oxygen atoms in total. The molecule has 0 atom stereocenters. The fourth-order valence-corrected chi connectivity index (χ4v) is 3.94. The van der Waals surface area contributed by atoms with Crippen molar-refractivity contribution in [3.05, 3.63) is 64.8 Å². The fourth-order valence-electron chi connectivity index (χ4n) is 3.75. The molecular weight excluding hydrogens is 446 g/mol. The number of carbonyl (C=O) groups excluding carboxylic acids is 3. The second-order valence-corrected chi connectivity index (χ2v) is 7.95. The third-order valence-corrected chi connectivity index (χ3v) is 5.65. The number of hydrogen-bond acceptors (Lipinski definition) is 6. The number of rotatable bonds is 4. The van der Waals surface area contributed by atoms with Crippen molar-refractivity contribution in [2.24, 2.45) is 16.5 Å². The second kappa shape index (κ2) is 9.43. The maximum Gasteiger partial charge on any atom is 0.277 e. The Hall–Kier alpha value is -3.69. The quantitative estimate of drug-likeness (QED) is 0.663. The lowest BCUT2D eigenvalue weighted by Gasteiger charge is -2.31. The van der Waals surface area contributed by atoms with E-state index >= 15 is 0 Å². The van der Waals surface area contributed by atoms with Gasteiger partial charge in [0, 0.05) is 35.1 Å². The predicted octanol–water partition coefficient (Wildman–Crippen LogP) is 1.91. The summed E-state index contributed by atoms with van der Waals surface area (Å²) in [5.74, 6) is -1.35. The van der Waals surface area contributed by atoms with Gasteiger partial charge in [0.1, 0.15) is 18.0 Å². The van der Waals surface area contributed by atoms with Crippen LogP contribution in [0.4, 0.5) is 17.1 Å². The number of carbonyl (C=O) groups is 3. The average Bonchev–Trinajstić information content (AvgIpc) is 2.80. The number of ether oxygens (including phenoxy) is 1. The summed E-state index contributed by atoms with van der Waals surface area (Å²) in [5, 5.41) is 0.457. The molecular formula is C23H22ClN5O4. The lowest BCUT2D eigenvalue weighted by molar-refractivity contribution is -0.125. The Morgan fingerprint density at radius 1 is 1.00 bits per heavy atom. The lowest BCUT2D eigenvalue weighted by Crippen LogP contribution is -2.45. The molecule has 3 amide bonds. The summed E-state index contributed by atoms with van der Waals surface area (Å²) in [5.41, 5.74) is 13.2. The van der Waals surface area contributed by atoms with E-state index in [2.05, 4.69) is 4.99 Å². The maximum absolute atomic E-state index is 13.4. The molecule has 2 heterocycles. The molecule has 0 spiro atoms. The van der Waals surface area contributed by atoms with E-state index in [-0.39, 0.29) is 30.5 Å². The molecule has 33 heavy (non-hydrogen) atoms. The highest BCUT2D eigenvalue weighted by Crippen LogP contribution is 2.28. The minimum Gasteiger partial charge on any atom is -0.394 e. The zero-order valence-corrected chi connectivity index (χ0v) is 18.4. The summed E-state index contributed by atoms with van der Waals surface area (Å²) in [7, 11) is 0. The van der Waals surface area contributed by atoms with Crippen LogP contribution in [0.1, 0.15) is 6.42 Å². The van der Waals surface area contributed by atoms with Crippen molar-refractivity contribution in [3.8, 4) is 0 Å². The van der Waals surface area contributed by atoms with Crippen molar-refractivity contribution in [2.45, 2.75) is 6.42 Å². The van der Waals surface area contributed by atoms with Crippen molar-refractivity contribution >= 4 is 52.1 Å². The minimum atomic E-state index is -0.815. The molecule has 4 N–H and O–H groups in total. The van der Waals surface area contributed by atoms with E-state index in [0.717, 1.165) is 5.69 Å². The number of hydrogen-bond donors (Lipinski definition) is 2. The molecule has 0 bridgehead atoms. The van der Waals surface area contributed by atoms with Gasteiger partial charge in [-0.05, 0) is 48.9 Å². The standard InChI is InChI=1S/C23H22ClN5O4/c24-14-2-1-3-15(12-14)27-21-18(20(25)22(26)31)8-9-29(23(21)32)17-6-4-16(5-7-17)28-10-11-33-13-19(28)30/h1-7,12H,8-11,13,25H2,(H2,26,31). The Morgan fingerprint density at radius 2 is 1.70 bits per heavy atom. The highest BCUT2D eigenvalue weighted by atomic mass is 35.5. The first kappa shape index (κ1) is 22.5. The lowest BCUT2D eigenvalue weighted by atomic mass is 9.97. The topological polar surface area (TPSA) is 131 Å². The van der Waals surface area contributed by atoms with Gasteiger partial charge >= 0.3 is 0 Å². The summed E-state index contributed by atoms with van der Waals surface area (Å²) in [6, 6.07) is 13.8. The number of halogens is 1. The van der Waals surface area contributed by atoms with Gasteiger partial charge in [-0.3, -0.25) is 14.4 Å². The Kier molecular flexibility index (Phi) is 6.43. The second-order valence-electron chi connectivity index (χ2n) is 7.52. The van der Waals surface area contributed by atoms with Crippen molar-refractivity contribution in [2.75, 3.05) is 36.1 Å². The van der Waals surface area contributed by atoms with Crippen LogP contribution in [0, 0.1) is 0 Å². The van der Waals surface area contributed by atoms with Crippen LogP contribution in [-0.2, 0) is 19.1 Å². The van der Waals surface area contributed by atoms with Crippen LogP contribution in [0.25, 0.3) is 0 Å². The molecule has 0 aliphatic carbocycles. The molecule has 0 radical (unpaired) electrons. The van der Waals surface area contributed by atoms with Gasteiger partial charge in [-0.2, -0.15) is 0 Å². The SMILES string of the molecule is NC(=O)C(N)=C1CCN(c2ccc(N3CCOCC3=O)cc2)C(=O)C1=Nc1cccc(Cl)c1. The number of amides is 3. The smallest absolute Gasteiger partial charge is 0.277 e. The summed E-state index contributed by atoms with van der Waals surface area (Å²) in [6.45, 7) is 1.27. The first-order chi connectivity index (χ1) is 15.8. The van der Waals surface area contributed by atoms with Crippen LogP contribution < -0.4 is 21.3 Å². The zero-order valence-electron chi connectivity index (χ0n) is 17.7. The number of nitrogens with two attached hydrogens (primary N) is 2. The zero-order chi connectivity index (χ0) is 23.5. The van der Waals surface area contributed by atoms with E-state index in [1.807, 2.05) is 0 Å². The Balaban J connectivity index is 1.67. The molecule has 170 valence electrons. The summed E-state index contributed by atoms with van der Waals surface area (Å²) in [4.78, 5) is 44.9. The van der Waals surface area contributed by atoms with Gasteiger partial charge in [-0.1, -0.05) is 17.7 Å². The van der Waals surface area contributed by atoms with Gasteiger partial charge in [0.2, 0.25) is 0 Å². The van der Waals surface area contributed by atoms with Crippen LogP contribution in [0.2, 0.25) is 5.02 Å². The Labute approximate surface area is 195 Å². The molecule has 4 rings (SSSR count). The third kappa shape index (κ3) is 4.74. The number of benzene rings is 2. The van der Waals surface area contributed by atoms with E-state index in [0.29, 0.717) is 41.5 Å².